The van der Waals surface area contributed by atoms with Crippen LogP contribution in [0.3, 0.4) is 0 Å². The van der Waals surface area contributed by atoms with Gasteiger partial charge in [-0.05, 0) is 38.5 Å². The van der Waals surface area contributed by atoms with Crippen molar-refractivity contribution in [3.05, 3.63) is 48.6 Å². The molecule has 0 saturated carbocycles. The molecule has 0 fully saturated rings. The number of carbonyl (C=O) groups is 3. The Morgan fingerprint density at radius 2 is 1.24 bits per heavy atom. The number of quaternary nitrogens is 1. The number of unbranched alkanes of at least 4 members (excludes halogenated alkanes) is 21. The second kappa shape index (κ2) is 44.6. The molecule has 5 atom stereocenters. The minimum atomic E-state index is -4.76. The Morgan fingerprint density at radius 1 is 0.691 bits per heavy atom. The quantitative estimate of drug-likeness (QED) is 0.0130. The molecule has 0 rings (SSSR count). The van der Waals surface area contributed by atoms with Gasteiger partial charge in [0.25, 0.3) is 7.82 Å². The zero-order valence-corrected chi connectivity index (χ0v) is 44.9. The van der Waals surface area contributed by atoms with Crippen LogP contribution in [0.1, 0.15) is 194 Å². The predicted octanol–water partition coefficient (Wildman–Crippen LogP) is 11.7. The summed E-state index contributed by atoms with van der Waals surface area (Å²) in [5, 5.41) is 19.5. The Hall–Kier alpha value is -2.29. The average Bonchev–Trinajstić information content (AvgIpc) is 3.28. The lowest BCUT2D eigenvalue weighted by molar-refractivity contribution is -0.870. The number of hydrogen-bond donors (Lipinski definition) is 3. The van der Waals surface area contributed by atoms with E-state index in [1.807, 2.05) is 45.4 Å². The van der Waals surface area contributed by atoms with Crippen LogP contribution in [-0.4, -0.2) is 109 Å². The van der Waals surface area contributed by atoms with Gasteiger partial charge in [0, 0.05) is 23.8 Å². The van der Waals surface area contributed by atoms with Crippen molar-refractivity contribution < 1.29 is 57.1 Å². The van der Waals surface area contributed by atoms with Crippen LogP contribution >= 0.6 is 19.6 Å². The van der Waals surface area contributed by atoms with Gasteiger partial charge in [0.2, 0.25) is 0 Å². The van der Waals surface area contributed by atoms with Crippen molar-refractivity contribution in [3.8, 4) is 0 Å². The Bertz CT molecular complexity index is 1420. The van der Waals surface area contributed by atoms with Gasteiger partial charge < -0.3 is 43.8 Å². The summed E-state index contributed by atoms with van der Waals surface area (Å²) >= 11 is 1.22. The monoisotopic (exact) mass is 1000 g/mol. The number of phosphoric acid groups is 1. The molecule has 68 heavy (non-hydrogen) atoms. The number of thioether (sulfide) groups is 1. The number of aliphatic hydroxyl groups is 1. The highest BCUT2D eigenvalue weighted by atomic mass is 32.2. The Labute approximate surface area is 417 Å². The van der Waals surface area contributed by atoms with E-state index in [-0.39, 0.29) is 38.0 Å². The number of hydrogen-bond acceptors (Lipinski definition) is 12. The van der Waals surface area contributed by atoms with E-state index in [1.165, 1.54) is 127 Å². The zero-order valence-electron chi connectivity index (χ0n) is 43.2. The standard InChI is InChI=1S/C53H97N2O11PS/c1-6-8-10-12-14-16-18-20-21-22-23-24-25-26-28-30-32-34-36-41-52(59)66-47(45-65-67(61,62)64-43-42-55(3,4)5)44-63-53(60)48(54)46-68-50(49(56)38-37-40-51(57)58)39-35-33-31-29-27-19-17-15-13-11-9-7-2/h15,17,27,29,31,33,35,39,47-50,56H,6-14,16,18-26,28,30,32,34,36-38,40-46,54H2,1-5H3,(H-,57,58,61,62)/b17-15-,29-27-,33-31+,39-35+/t47-,48+,49+,50-/m1/s1. The highest BCUT2D eigenvalue weighted by Crippen LogP contribution is 2.38. The highest BCUT2D eigenvalue weighted by molar-refractivity contribution is 8.00. The maximum absolute atomic E-state index is 13.1. The van der Waals surface area contributed by atoms with E-state index >= 15 is 0 Å². The van der Waals surface area contributed by atoms with Gasteiger partial charge in [-0.1, -0.05) is 191 Å². The molecule has 0 aromatic heterocycles. The molecule has 0 aliphatic carbocycles. The number of likely N-dealkylation sites (N-methyl/N-ethyl adjacent to an activating group) is 1. The summed E-state index contributed by atoms with van der Waals surface area (Å²) in [5.74, 6) is -2.27. The molecule has 0 bridgehead atoms. The molecule has 0 aromatic rings. The largest absolute Gasteiger partial charge is 0.756 e. The second-order valence-electron chi connectivity index (χ2n) is 19.1. The summed E-state index contributed by atoms with van der Waals surface area (Å²) in [6.07, 6.45) is 43.1. The Balaban J connectivity index is 5.05. The summed E-state index contributed by atoms with van der Waals surface area (Å²) in [6.45, 7) is 3.65. The molecule has 0 aliphatic rings. The zero-order chi connectivity index (χ0) is 50.6. The SMILES string of the molecule is CCCCC/C=C\C\C=C/C=C/C=C/[C@@H](SC[C@H](N)C(=O)OC[C@H](COP(=O)([O-])OCC[N+](C)(C)C)OC(=O)CCCCCCCCCCCCCCCCCCCCC)[C@@H](O)CCCC(=O)O. The first-order chi connectivity index (χ1) is 32.6. The molecule has 13 nitrogen and oxygen atoms in total. The van der Waals surface area contributed by atoms with Crippen molar-refractivity contribution in [2.45, 2.75) is 217 Å². The number of nitrogens with two attached hydrogens (primary N) is 1. The molecule has 0 saturated heterocycles. The van der Waals surface area contributed by atoms with Crippen LogP contribution in [0.2, 0.25) is 0 Å². The van der Waals surface area contributed by atoms with Crippen molar-refractivity contribution in [2.75, 3.05) is 53.3 Å². The molecule has 396 valence electrons. The molecule has 0 amide bonds. The van der Waals surface area contributed by atoms with Crippen LogP contribution in [0.4, 0.5) is 0 Å². The van der Waals surface area contributed by atoms with Crippen molar-refractivity contribution in [1.82, 2.24) is 0 Å². The van der Waals surface area contributed by atoms with E-state index in [0.717, 1.165) is 32.1 Å². The summed E-state index contributed by atoms with van der Waals surface area (Å²) in [7, 11) is 0.911. The Morgan fingerprint density at radius 3 is 1.79 bits per heavy atom. The minimum absolute atomic E-state index is 0.0499. The third-order valence-corrected chi connectivity index (χ3v) is 13.7. The topological polar surface area (TPSA) is 195 Å². The third-order valence-electron chi connectivity index (χ3n) is 11.3. The fraction of sp³-hybridized carbons (Fsp3) is 0.792. The van der Waals surface area contributed by atoms with Gasteiger partial charge in [0.05, 0.1) is 33.9 Å². The number of carboxylic acids is 1. The number of esters is 2. The summed E-state index contributed by atoms with van der Waals surface area (Å²) < 4.78 is 34.1. The average molecular weight is 1000 g/mol. The summed E-state index contributed by atoms with van der Waals surface area (Å²) in [4.78, 5) is 49.6. The molecule has 0 spiro atoms. The lowest BCUT2D eigenvalue weighted by atomic mass is 10.0. The van der Waals surface area contributed by atoms with Crippen LogP contribution in [0.25, 0.3) is 0 Å². The summed E-state index contributed by atoms with van der Waals surface area (Å²) in [5.41, 5.74) is 6.22. The van der Waals surface area contributed by atoms with E-state index < -0.39 is 62.4 Å². The van der Waals surface area contributed by atoms with Crippen molar-refractivity contribution in [1.29, 1.82) is 0 Å². The number of allylic oxidation sites excluding steroid dienone is 7. The minimum Gasteiger partial charge on any atom is -0.756 e. The van der Waals surface area contributed by atoms with Gasteiger partial charge in [-0.3, -0.25) is 18.9 Å². The first kappa shape index (κ1) is 65.7. The van der Waals surface area contributed by atoms with Gasteiger partial charge in [-0.2, -0.15) is 0 Å². The number of carbonyl (C=O) groups excluding carboxylic acids is 2. The van der Waals surface area contributed by atoms with Crippen LogP contribution in [-0.2, 0) is 37.5 Å². The maximum Gasteiger partial charge on any atom is 0.323 e. The molecule has 0 heterocycles. The van der Waals surface area contributed by atoms with E-state index in [1.54, 1.807) is 12.2 Å². The second-order valence-corrected chi connectivity index (χ2v) is 21.7. The number of carboxylic acid groups (broad SMARTS) is 1. The van der Waals surface area contributed by atoms with E-state index in [9.17, 15) is 28.9 Å². The van der Waals surface area contributed by atoms with Crippen LogP contribution in [0.5, 0.6) is 0 Å². The fourth-order valence-electron chi connectivity index (χ4n) is 7.10. The van der Waals surface area contributed by atoms with Gasteiger partial charge in [-0.25, -0.2) is 0 Å². The molecule has 0 radical (unpaired) electrons. The summed E-state index contributed by atoms with van der Waals surface area (Å²) in [6, 6.07) is -1.14. The van der Waals surface area contributed by atoms with Gasteiger partial charge >= 0.3 is 17.9 Å². The molecular formula is C53H97N2O11PS. The van der Waals surface area contributed by atoms with E-state index in [4.69, 9.17) is 29.4 Å². The van der Waals surface area contributed by atoms with Crippen molar-refractivity contribution >= 4 is 37.5 Å². The van der Waals surface area contributed by atoms with Crippen LogP contribution < -0.4 is 10.6 Å². The highest BCUT2D eigenvalue weighted by Gasteiger charge is 2.25. The lowest BCUT2D eigenvalue weighted by Gasteiger charge is -2.28. The van der Waals surface area contributed by atoms with Crippen molar-refractivity contribution in [2.24, 2.45) is 5.73 Å². The van der Waals surface area contributed by atoms with Gasteiger partial charge in [-0.15, -0.1) is 11.8 Å². The van der Waals surface area contributed by atoms with Gasteiger partial charge in [0.15, 0.2) is 6.10 Å². The lowest BCUT2D eigenvalue weighted by Crippen LogP contribution is -2.39. The Kier molecular flexibility index (Phi) is 43.1. The number of nitrogens with zero attached hydrogens (tertiary/aromatic N) is 1. The number of rotatable bonds is 48. The smallest absolute Gasteiger partial charge is 0.323 e. The predicted molar refractivity (Wildman–Crippen MR) is 278 cm³/mol. The number of aliphatic carboxylic acids is 1. The number of aliphatic hydroxyl groups excluding tert-OH is 1. The first-order valence-electron chi connectivity index (χ1n) is 26.3. The number of ether oxygens (including phenoxy) is 2. The van der Waals surface area contributed by atoms with Crippen LogP contribution in [0, 0.1) is 0 Å². The maximum atomic E-state index is 13.1. The molecule has 0 aromatic carbocycles. The van der Waals surface area contributed by atoms with Crippen LogP contribution in [0.15, 0.2) is 48.6 Å². The van der Waals surface area contributed by atoms with Gasteiger partial charge in [0.1, 0.15) is 25.8 Å². The van der Waals surface area contributed by atoms with E-state index in [0.29, 0.717) is 17.4 Å². The molecular weight excluding hydrogens is 904 g/mol. The third kappa shape index (κ3) is 44.9. The normalized spacial score (nSPS) is 15.1. The fourth-order valence-corrected chi connectivity index (χ4v) is 8.95. The van der Waals surface area contributed by atoms with Crippen molar-refractivity contribution in [3.63, 3.8) is 0 Å². The molecule has 4 N–H and O–H groups in total. The molecule has 1 unspecified atom stereocenters. The molecule has 0 aliphatic heterocycles. The first-order valence-corrected chi connectivity index (χ1v) is 28.8. The van der Waals surface area contributed by atoms with E-state index in [2.05, 4.69) is 26.0 Å². The molecule has 15 heteroatoms. The number of phosphoric ester groups is 1.